The van der Waals surface area contributed by atoms with Crippen LogP contribution in [0.5, 0.6) is 0 Å². The molecule has 0 amide bonds. The van der Waals surface area contributed by atoms with Crippen LogP contribution in [-0.2, 0) is 6.42 Å². The number of halogens is 3. The van der Waals surface area contributed by atoms with Gasteiger partial charge in [-0.15, -0.1) is 11.3 Å². The van der Waals surface area contributed by atoms with E-state index < -0.39 is 0 Å². The Hall–Kier alpha value is -0.420. The molecule has 0 fully saturated rings. The summed E-state index contributed by atoms with van der Waals surface area (Å²) in [6.07, 6.45) is 0.554. The van der Waals surface area contributed by atoms with Gasteiger partial charge in [-0.1, -0.05) is 23.7 Å². The third-order valence-corrected chi connectivity index (χ3v) is 5.47. The topological polar surface area (TPSA) is 26.0 Å². The van der Waals surface area contributed by atoms with Crippen LogP contribution in [0.25, 0.3) is 0 Å². The lowest BCUT2D eigenvalue weighted by Gasteiger charge is -2.12. The average molecular weight is 349 g/mol. The Morgan fingerprint density at radius 3 is 2.83 bits per heavy atom. The molecule has 1 heterocycles. The van der Waals surface area contributed by atoms with E-state index in [1.54, 1.807) is 17.4 Å². The van der Waals surface area contributed by atoms with Crippen molar-refractivity contribution in [2.45, 2.75) is 19.4 Å². The van der Waals surface area contributed by atoms with Gasteiger partial charge in [0.1, 0.15) is 5.82 Å². The summed E-state index contributed by atoms with van der Waals surface area (Å²) in [5.74, 6) is -0.270. The summed E-state index contributed by atoms with van der Waals surface area (Å²) in [6.45, 7) is 1.95. The first-order valence-electron chi connectivity index (χ1n) is 5.42. The molecule has 5 heteroatoms. The van der Waals surface area contributed by atoms with Gasteiger partial charge in [0.2, 0.25) is 0 Å². The van der Waals surface area contributed by atoms with Crippen molar-refractivity contribution in [3.63, 3.8) is 0 Å². The molecule has 1 nitrogen and oxygen atoms in total. The molecule has 1 aromatic carbocycles. The smallest absolute Gasteiger partial charge is 0.137 e. The first kappa shape index (κ1) is 14.0. The summed E-state index contributed by atoms with van der Waals surface area (Å²) in [4.78, 5) is 0.949. The maximum absolute atomic E-state index is 13.4. The standard InChI is InChI=1S/C13H12BrClFNS/c1-7-6-18-13(12(7)15)10(17)5-8-3-2-4-9(16)11(8)14/h2-4,6,10H,5,17H2,1H3. The molecule has 0 spiro atoms. The van der Waals surface area contributed by atoms with Crippen molar-refractivity contribution in [3.05, 3.63) is 54.9 Å². The third kappa shape index (κ3) is 2.77. The van der Waals surface area contributed by atoms with Crippen molar-refractivity contribution < 1.29 is 4.39 Å². The van der Waals surface area contributed by atoms with Crippen LogP contribution < -0.4 is 5.73 Å². The van der Waals surface area contributed by atoms with Gasteiger partial charge in [-0.05, 0) is 51.8 Å². The zero-order valence-corrected chi connectivity index (χ0v) is 12.9. The monoisotopic (exact) mass is 347 g/mol. The van der Waals surface area contributed by atoms with Crippen molar-refractivity contribution in [2.24, 2.45) is 5.73 Å². The molecule has 18 heavy (non-hydrogen) atoms. The average Bonchev–Trinajstić information content (AvgIpc) is 2.66. The van der Waals surface area contributed by atoms with Crippen LogP contribution >= 0.6 is 38.9 Å². The van der Waals surface area contributed by atoms with E-state index in [2.05, 4.69) is 15.9 Å². The molecule has 0 bridgehead atoms. The summed E-state index contributed by atoms with van der Waals surface area (Å²) in [6, 6.07) is 4.75. The molecule has 0 aliphatic carbocycles. The molecule has 96 valence electrons. The molecule has 1 atom stereocenters. The minimum Gasteiger partial charge on any atom is -0.323 e. The Morgan fingerprint density at radius 1 is 1.50 bits per heavy atom. The van der Waals surface area contributed by atoms with Crippen LogP contribution in [0, 0.1) is 12.7 Å². The Labute approximate surface area is 123 Å². The molecule has 0 saturated heterocycles. The quantitative estimate of drug-likeness (QED) is 0.842. The number of aryl methyl sites for hydroxylation is 1. The second-order valence-electron chi connectivity index (χ2n) is 4.12. The Kier molecular flexibility index (Phi) is 4.43. The van der Waals surface area contributed by atoms with Crippen LogP contribution in [0.3, 0.4) is 0 Å². The third-order valence-electron chi connectivity index (χ3n) is 2.73. The highest BCUT2D eigenvalue weighted by atomic mass is 79.9. The lowest BCUT2D eigenvalue weighted by atomic mass is 10.0. The summed E-state index contributed by atoms with van der Waals surface area (Å²) in [5, 5.41) is 2.71. The Bertz CT molecular complexity index is 570. The Morgan fingerprint density at radius 2 is 2.22 bits per heavy atom. The Balaban J connectivity index is 2.24. The molecule has 2 N–H and O–H groups in total. The highest BCUT2D eigenvalue weighted by molar-refractivity contribution is 9.10. The number of hydrogen-bond donors (Lipinski definition) is 1. The van der Waals surface area contributed by atoms with E-state index in [9.17, 15) is 4.39 Å². The minimum atomic E-state index is -0.270. The fourth-order valence-electron chi connectivity index (χ4n) is 1.74. The van der Waals surface area contributed by atoms with Gasteiger partial charge < -0.3 is 5.73 Å². The molecule has 0 saturated carbocycles. The molecular weight excluding hydrogens is 337 g/mol. The van der Waals surface area contributed by atoms with Crippen molar-refractivity contribution in [2.75, 3.05) is 0 Å². The van der Waals surface area contributed by atoms with E-state index in [0.29, 0.717) is 10.9 Å². The first-order chi connectivity index (χ1) is 8.50. The van der Waals surface area contributed by atoms with Gasteiger partial charge >= 0.3 is 0 Å². The molecule has 2 aromatic rings. The maximum atomic E-state index is 13.4. The zero-order valence-electron chi connectivity index (χ0n) is 9.71. The van der Waals surface area contributed by atoms with Gasteiger partial charge in [0.25, 0.3) is 0 Å². The van der Waals surface area contributed by atoms with Crippen LogP contribution in [0.15, 0.2) is 28.1 Å². The highest BCUT2D eigenvalue weighted by Crippen LogP contribution is 2.34. The fourth-order valence-corrected chi connectivity index (χ4v) is 3.50. The molecule has 0 aliphatic rings. The largest absolute Gasteiger partial charge is 0.323 e. The summed E-state index contributed by atoms with van der Waals surface area (Å²) < 4.78 is 13.9. The molecule has 0 aliphatic heterocycles. The highest BCUT2D eigenvalue weighted by Gasteiger charge is 2.16. The minimum absolute atomic E-state index is 0.214. The van der Waals surface area contributed by atoms with E-state index in [4.69, 9.17) is 17.3 Å². The normalized spacial score (nSPS) is 12.7. The molecule has 0 radical (unpaired) electrons. The summed E-state index contributed by atoms with van der Waals surface area (Å²) in [7, 11) is 0. The number of rotatable bonds is 3. The number of hydrogen-bond acceptors (Lipinski definition) is 2. The van der Waals surface area contributed by atoms with Crippen LogP contribution in [0.1, 0.15) is 22.0 Å². The van der Waals surface area contributed by atoms with E-state index in [0.717, 1.165) is 21.0 Å². The first-order valence-corrected chi connectivity index (χ1v) is 7.47. The second-order valence-corrected chi connectivity index (χ2v) is 6.20. The van der Waals surface area contributed by atoms with E-state index >= 15 is 0 Å². The van der Waals surface area contributed by atoms with Crippen molar-refractivity contribution in [3.8, 4) is 0 Å². The SMILES string of the molecule is Cc1csc(C(N)Cc2cccc(F)c2Br)c1Cl. The van der Waals surface area contributed by atoms with Crippen LogP contribution in [0.4, 0.5) is 4.39 Å². The number of benzene rings is 1. The predicted octanol–water partition coefficient (Wildman–Crippen LogP) is 4.85. The van der Waals surface area contributed by atoms with Gasteiger partial charge in [-0.25, -0.2) is 4.39 Å². The van der Waals surface area contributed by atoms with E-state index in [1.165, 1.54) is 6.07 Å². The van der Waals surface area contributed by atoms with Gasteiger partial charge in [-0.2, -0.15) is 0 Å². The van der Waals surface area contributed by atoms with Gasteiger partial charge in [-0.3, -0.25) is 0 Å². The van der Waals surface area contributed by atoms with Gasteiger partial charge in [0.05, 0.1) is 9.50 Å². The zero-order chi connectivity index (χ0) is 13.3. The number of thiophene rings is 1. The summed E-state index contributed by atoms with van der Waals surface area (Å²) >= 11 is 11.0. The second kappa shape index (κ2) is 5.70. The van der Waals surface area contributed by atoms with E-state index in [-0.39, 0.29) is 11.9 Å². The molecule has 1 aromatic heterocycles. The summed E-state index contributed by atoms with van der Waals surface area (Å²) in [5.41, 5.74) is 8.03. The molecular formula is C13H12BrClFNS. The lowest BCUT2D eigenvalue weighted by molar-refractivity contribution is 0.614. The predicted molar refractivity (Wildman–Crippen MR) is 78.8 cm³/mol. The molecule has 2 rings (SSSR count). The maximum Gasteiger partial charge on any atom is 0.137 e. The number of nitrogens with two attached hydrogens (primary N) is 1. The van der Waals surface area contributed by atoms with Gasteiger partial charge in [0.15, 0.2) is 0 Å². The van der Waals surface area contributed by atoms with Crippen molar-refractivity contribution in [1.82, 2.24) is 0 Å². The fraction of sp³-hybridized carbons (Fsp3) is 0.231. The van der Waals surface area contributed by atoms with Crippen LogP contribution in [-0.4, -0.2) is 0 Å². The van der Waals surface area contributed by atoms with Crippen molar-refractivity contribution >= 4 is 38.9 Å². The molecule has 1 unspecified atom stereocenters. The van der Waals surface area contributed by atoms with Crippen molar-refractivity contribution in [1.29, 1.82) is 0 Å². The lowest BCUT2D eigenvalue weighted by Crippen LogP contribution is -2.13. The van der Waals surface area contributed by atoms with E-state index in [1.807, 2.05) is 18.4 Å². The van der Waals surface area contributed by atoms with Gasteiger partial charge in [0, 0.05) is 10.9 Å². The van der Waals surface area contributed by atoms with Crippen LogP contribution in [0.2, 0.25) is 5.02 Å².